The molecule has 0 heterocycles. The standard InChI is InChI=1S/C12H13BrFNO2/c1-2-8(12(16)17)5-6-15-11-7-9(13)3-4-10(11)14/h3-5,7,15H,2,6H2,1H3,(H,16,17)/b8-5-. The van der Waals surface area contributed by atoms with Crippen molar-refractivity contribution in [3.8, 4) is 0 Å². The lowest BCUT2D eigenvalue weighted by Crippen LogP contribution is -2.05. The fraction of sp³-hybridized carbons (Fsp3) is 0.250. The van der Waals surface area contributed by atoms with E-state index in [-0.39, 0.29) is 12.4 Å². The van der Waals surface area contributed by atoms with Gasteiger partial charge in [-0.1, -0.05) is 28.9 Å². The molecule has 1 aromatic rings. The van der Waals surface area contributed by atoms with Crippen LogP contribution >= 0.6 is 15.9 Å². The van der Waals surface area contributed by atoms with E-state index in [2.05, 4.69) is 21.2 Å². The van der Waals surface area contributed by atoms with Crippen molar-refractivity contribution in [2.24, 2.45) is 0 Å². The molecule has 0 radical (unpaired) electrons. The summed E-state index contributed by atoms with van der Waals surface area (Å²) in [7, 11) is 0. The summed E-state index contributed by atoms with van der Waals surface area (Å²) in [5.41, 5.74) is 0.657. The molecule has 0 aromatic heterocycles. The molecule has 1 rings (SSSR count). The molecule has 0 spiro atoms. The van der Waals surface area contributed by atoms with E-state index in [1.807, 2.05) is 0 Å². The minimum absolute atomic E-state index is 0.281. The van der Waals surface area contributed by atoms with E-state index in [0.29, 0.717) is 17.7 Å². The van der Waals surface area contributed by atoms with E-state index in [1.54, 1.807) is 25.1 Å². The molecule has 0 aliphatic heterocycles. The number of anilines is 1. The molecule has 0 amide bonds. The predicted molar refractivity (Wildman–Crippen MR) is 68.6 cm³/mol. The molecule has 2 N–H and O–H groups in total. The number of carbonyl (C=O) groups is 1. The SMILES string of the molecule is CC/C(=C/CNc1cc(Br)ccc1F)C(=O)O. The summed E-state index contributed by atoms with van der Waals surface area (Å²) >= 11 is 3.24. The highest BCUT2D eigenvalue weighted by Crippen LogP contribution is 2.19. The fourth-order valence-corrected chi connectivity index (χ4v) is 1.66. The minimum Gasteiger partial charge on any atom is -0.478 e. The summed E-state index contributed by atoms with van der Waals surface area (Å²) in [6.07, 6.45) is 1.99. The third-order valence-corrected chi connectivity index (χ3v) is 2.72. The summed E-state index contributed by atoms with van der Waals surface area (Å²) in [6, 6.07) is 4.55. The summed E-state index contributed by atoms with van der Waals surface area (Å²) in [5, 5.41) is 11.6. The Hall–Kier alpha value is -1.36. The van der Waals surface area contributed by atoms with Crippen LogP contribution in [0.3, 0.4) is 0 Å². The van der Waals surface area contributed by atoms with Gasteiger partial charge in [0.2, 0.25) is 0 Å². The van der Waals surface area contributed by atoms with Gasteiger partial charge < -0.3 is 10.4 Å². The van der Waals surface area contributed by atoms with Crippen molar-refractivity contribution < 1.29 is 14.3 Å². The van der Waals surface area contributed by atoms with Gasteiger partial charge in [-0.25, -0.2) is 9.18 Å². The lowest BCUT2D eigenvalue weighted by molar-refractivity contribution is -0.132. The maximum Gasteiger partial charge on any atom is 0.331 e. The second-order valence-corrected chi connectivity index (χ2v) is 4.31. The van der Waals surface area contributed by atoms with Gasteiger partial charge in [0.15, 0.2) is 0 Å². The van der Waals surface area contributed by atoms with Crippen LogP contribution in [-0.4, -0.2) is 17.6 Å². The number of benzene rings is 1. The van der Waals surface area contributed by atoms with Gasteiger partial charge in [0, 0.05) is 16.6 Å². The number of hydrogen-bond acceptors (Lipinski definition) is 2. The molecule has 0 bridgehead atoms. The molecule has 5 heteroatoms. The van der Waals surface area contributed by atoms with Gasteiger partial charge >= 0.3 is 5.97 Å². The van der Waals surface area contributed by atoms with E-state index in [1.165, 1.54) is 6.07 Å². The van der Waals surface area contributed by atoms with Crippen molar-refractivity contribution in [3.63, 3.8) is 0 Å². The van der Waals surface area contributed by atoms with E-state index in [9.17, 15) is 9.18 Å². The van der Waals surface area contributed by atoms with Crippen LogP contribution in [0, 0.1) is 5.82 Å². The Morgan fingerprint density at radius 1 is 1.59 bits per heavy atom. The number of aliphatic carboxylic acids is 1. The first-order valence-electron chi connectivity index (χ1n) is 5.15. The van der Waals surface area contributed by atoms with Gasteiger partial charge in [-0.3, -0.25) is 0 Å². The van der Waals surface area contributed by atoms with Gasteiger partial charge in [0.1, 0.15) is 5.82 Å². The second-order valence-electron chi connectivity index (χ2n) is 3.39. The van der Waals surface area contributed by atoms with Crippen LogP contribution in [0.1, 0.15) is 13.3 Å². The van der Waals surface area contributed by atoms with Crippen molar-refractivity contribution in [3.05, 3.63) is 40.1 Å². The van der Waals surface area contributed by atoms with Gasteiger partial charge in [-0.15, -0.1) is 0 Å². The Morgan fingerprint density at radius 3 is 2.88 bits per heavy atom. The summed E-state index contributed by atoms with van der Waals surface area (Å²) in [5.74, 6) is -1.31. The predicted octanol–water partition coefficient (Wildman–Crippen LogP) is 3.42. The van der Waals surface area contributed by atoms with E-state index < -0.39 is 5.97 Å². The largest absolute Gasteiger partial charge is 0.478 e. The first kappa shape index (κ1) is 13.7. The number of carboxylic acids is 1. The zero-order valence-corrected chi connectivity index (χ0v) is 10.9. The molecule has 0 fully saturated rings. The maximum absolute atomic E-state index is 13.3. The van der Waals surface area contributed by atoms with Crippen molar-refractivity contribution in [2.45, 2.75) is 13.3 Å². The molecule has 0 unspecified atom stereocenters. The Morgan fingerprint density at radius 2 is 2.29 bits per heavy atom. The molecule has 0 atom stereocenters. The molecule has 0 aliphatic rings. The highest BCUT2D eigenvalue weighted by Gasteiger charge is 2.04. The highest BCUT2D eigenvalue weighted by molar-refractivity contribution is 9.10. The summed E-state index contributed by atoms with van der Waals surface area (Å²) < 4.78 is 14.1. The number of halogens is 2. The minimum atomic E-state index is -0.941. The molecule has 0 aliphatic carbocycles. The number of carboxylic acid groups (broad SMARTS) is 1. The van der Waals surface area contributed by atoms with Crippen LogP contribution in [0.5, 0.6) is 0 Å². The van der Waals surface area contributed by atoms with Crippen molar-refractivity contribution in [2.75, 3.05) is 11.9 Å². The normalized spacial score (nSPS) is 11.4. The molecule has 0 saturated carbocycles. The third-order valence-electron chi connectivity index (χ3n) is 2.22. The van der Waals surface area contributed by atoms with Gasteiger partial charge in [-0.05, 0) is 24.6 Å². The lowest BCUT2D eigenvalue weighted by atomic mass is 10.2. The third kappa shape index (κ3) is 4.19. The number of hydrogen-bond donors (Lipinski definition) is 2. The number of nitrogens with one attached hydrogen (secondary N) is 1. The summed E-state index contributed by atoms with van der Waals surface area (Å²) in [6.45, 7) is 2.04. The zero-order valence-electron chi connectivity index (χ0n) is 9.34. The first-order chi connectivity index (χ1) is 8.04. The van der Waals surface area contributed by atoms with E-state index in [4.69, 9.17) is 5.11 Å². The lowest BCUT2D eigenvalue weighted by Gasteiger charge is -2.06. The molecular formula is C12H13BrFNO2. The Bertz CT molecular complexity index is 446. The monoisotopic (exact) mass is 301 g/mol. The highest BCUT2D eigenvalue weighted by atomic mass is 79.9. The van der Waals surface area contributed by atoms with Crippen LogP contribution in [0.25, 0.3) is 0 Å². The molecule has 17 heavy (non-hydrogen) atoms. The van der Waals surface area contributed by atoms with Crippen LogP contribution in [0.2, 0.25) is 0 Å². The van der Waals surface area contributed by atoms with Crippen LogP contribution in [-0.2, 0) is 4.79 Å². The van der Waals surface area contributed by atoms with Crippen molar-refractivity contribution in [1.82, 2.24) is 0 Å². The second kappa shape index (κ2) is 6.39. The van der Waals surface area contributed by atoms with Gasteiger partial charge in [0.25, 0.3) is 0 Å². The van der Waals surface area contributed by atoms with Gasteiger partial charge in [0.05, 0.1) is 5.69 Å². The first-order valence-corrected chi connectivity index (χ1v) is 5.95. The Labute approximate surface area is 107 Å². The molecule has 1 aromatic carbocycles. The smallest absolute Gasteiger partial charge is 0.331 e. The molecular weight excluding hydrogens is 289 g/mol. The Balaban J connectivity index is 2.67. The van der Waals surface area contributed by atoms with Crippen LogP contribution < -0.4 is 5.32 Å². The topological polar surface area (TPSA) is 49.3 Å². The van der Waals surface area contributed by atoms with Crippen molar-refractivity contribution in [1.29, 1.82) is 0 Å². The average molecular weight is 302 g/mol. The van der Waals surface area contributed by atoms with Gasteiger partial charge in [-0.2, -0.15) is 0 Å². The molecule has 0 saturated heterocycles. The van der Waals surface area contributed by atoms with E-state index in [0.717, 1.165) is 4.47 Å². The van der Waals surface area contributed by atoms with Crippen LogP contribution in [0.15, 0.2) is 34.3 Å². The van der Waals surface area contributed by atoms with Crippen LogP contribution in [0.4, 0.5) is 10.1 Å². The van der Waals surface area contributed by atoms with Crippen molar-refractivity contribution >= 4 is 27.6 Å². The molecule has 3 nitrogen and oxygen atoms in total. The number of rotatable bonds is 5. The molecule has 92 valence electrons. The Kier molecular flexibility index (Phi) is 5.15. The quantitative estimate of drug-likeness (QED) is 0.819. The summed E-state index contributed by atoms with van der Waals surface area (Å²) in [4.78, 5) is 10.7. The maximum atomic E-state index is 13.3. The zero-order chi connectivity index (χ0) is 12.8. The van der Waals surface area contributed by atoms with E-state index >= 15 is 0 Å². The average Bonchev–Trinajstić information content (AvgIpc) is 2.28. The fourth-order valence-electron chi connectivity index (χ4n) is 1.30.